The minimum atomic E-state index is -0.805. The third-order valence-corrected chi connectivity index (χ3v) is 6.17. The molecule has 0 unspecified atom stereocenters. The largest absolute Gasteiger partial charge is 0.462 e. The van der Waals surface area contributed by atoms with Gasteiger partial charge in [-0.1, -0.05) is 90.3 Å². The second kappa shape index (κ2) is 11.3. The molecule has 0 atom stereocenters. The number of esters is 2. The van der Waals surface area contributed by atoms with Crippen LogP contribution in [-0.2, 0) is 4.74 Å². The Balaban J connectivity index is 2.13. The zero-order chi connectivity index (χ0) is 21.6. The molecule has 0 N–H and O–H groups in total. The van der Waals surface area contributed by atoms with Crippen LogP contribution in [0, 0.1) is 0 Å². The fraction of sp³-hybridized carbons (Fsp3) is 0.300. The quantitative estimate of drug-likeness (QED) is 0.122. The Bertz CT molecular complexity index is 885. The molecule has 0 radical (unpaired) electrons. The monoisotopic (exact) mass is 496 g/mol. The minimum absolute atomic E-state index is 0.0492. The molecule has 2 aromatic carbocycles. The molecule has 0 saturated heterocycles. The third kappa shape index (κ3) is 6.16. The van der Waals surface area contributed by atoms with Crippen molar-refractivity contribution in [3.63, 3.8) is 0 Å². The Hall–Kier alpha value is -1.17. The minimum Gasteiger partial charge on any atom is -0.462 e. The molecule has 0 heterocycles. The van der Waals surface area contributed by atoms with E-state index in [4.69, 9.17) is 67.5 Å². The summed E-state index contributed by atoms with van der Waals surface area (Å²) in [5, 5.41) is -0.534. The van der Waals surface area contributed by atoms with Crippen LogP contribution in [0.25, 0.3) is 0 Å². The lowest BCUT2D eigenvalue weighted by atomic mass is 10.1. The van der Waals surface area contributed by atoms with Crippen molar-refractivity contribution in [3.05, 3.63) is 60.5 Å². The number of rotatable bonds is 8. The van der Waals surface area contributed by atoms with Crippen molar-refractivity contribution in [2.75, 3.05) is 6.61 Å². The second-order valence-corrected chi connectivity index (χ2v) is 7.96. The highest BCUT2D eigenvalue weighted by molar-refractivity contribution is 6.55. The maximum absolute atomic E-state index is 12.5. The molecule has 9 heteroatoms. The van der Waals surface area contributed by atoms with Gasteiger partial charge in [0.1, 0.15) is 10.0 Å². The summed E-state index contributed by atoms with van der Waals surface area (Å²) in [7, 11) is 0. The van der Waals surface area contributed by atoms with E-state index in [0.717, 1.165) is 25.7 Å². The van der Waals surface area contributed by atoms with Crippen LogP contribution >= 0.6 is 58.0 Å². The highest BCUT2D eigenvalue weighted by Gasteiger charge is 2.23. The lowest BCUT2D eigenvalue weighted by molar-refractivity contribution is 0.0498. The van der Waals surface area contributed by atoms with E-state index in [1.165, 1.54) is 18.2 Å². The summed E-state index contributed by atoms with van der Waals surface area (Å²) in [6, 6.07) is 5.91. The molecule has 2 aromatic rings. The average Bonchev–Trinajstić information content (AvgIpc) is 2.73. The highest BCUT2D eigenvalue weighted by Crippen LogP contribution is 2.48. The van der Waals surface area contributed by atoms with Gasteiger partial charge in [0.05, 0.1) is 32.8 Å². The molecule has 156 valence electrons. The first-order chi connectivity index (χ1) is 13.8. The van der Waals surface area contributed by atoms with E-state index in [1.807, 2.05) is 0 Å². The molecular weight excluding hydrogens is 481 g/mol. The van der Waals surface area contributed by atoms with Gasteiger partial charge in [0, 0.05) is 0 Å². The Morgan fingerprint density at radius 1 is 0.793 bits per heavy atom. The number of hydrogen-bond donors (Lipinski definition) is 0. The number of benzene rings is 2. The van der Waals surface area contributed by atoms with Crippen molar-refractivity contribution in [3.8, 4) is 5.75 Å². The number of carbonyl (C=O) groups is 2. The number of halogens is 5. The molecule has 2 rings (SSSR count). The van der Waals surface area contributed by atoms with Gasteiger partial charge in [-0.15, -0.1) is 0 Å². The topological polar surface area (TPSA) is 52.6 Å². The zero-order valence-corrected chi connectivity index (χ0v) is 19.1. The lowest BCUT2D eigenvalue weighted by Gasteiger charge is -2.12. The smallest absolute Gasteiger partial charge is 0.343 e. The van der Waals surface area contributed by atoms with E-state index in [-0.39, 0.29) is 42.0 Å². The first-order valence-corrected chi connectivity index (χ1v) is 10.7. The first kappa shape index (κ1) is 24.1. The van der Waals surface area contributed by atoms with Gasteiger partial charge in [0.15, 0.2) is 5.75 Å². The van der Waals surface area contributed by atoms with Crippen LogP contribution in [0.3, 0.4) is 0 Å². The molecule has 0 aliphatic carbocycles. The van der Waals surface area contributed by atoms with Crippen molar-refractivity contribution in [2.45, 2.75) is 32.6 Å². The summed E-state index contributed by atoms with van der Waals surface area (Å²) in [6.07, 6.45) is 3.96. The van der Waals surface area contributed by atoms with Gasteiger partial charge in [0.25, 0.3) is 0 Å². The van der Waals surface area contributed by atoms with Gasteiger partial charge < -0.3 is 9.47 Å². The Morgan fingerprint density at radius 2 is 1.34 bits per heavy atom. The van der Waals surface area contributed by atoms with Crippen LogP contribution in [0.5, 0.6) is 5.75 Å². The van der Waals surface area contributed by atoms with Gasteiger partial charge >= 0.3 is 11.9 Å². The van der Waals surface area contributed by atoms with Crippen LogP contribution in [0.4, 0.5) is 0 Å². The van der Waals surface area contributed by atoms with Crippen LogP contribution < -0.4 is 4.74 Å². The molecule has 0 spiro atoms. The summed E-state index contributed by atoms with van der Waals surface area (Å²) in [5.74, 6) is -1.55. The van der Waals surface area contributed by atoms with Gasteiger partial charge in [-0.05, 0) is 24.6 Å². The molecule has 0 aliphatic heterocycles. The van der Waals surface area contributed by atoms with Gasteiger partial charge in [-0.25, -0.2) is 9.59 Å². The molecule has 0 bridgehead atoms. The second-order valence-electron chi connectivity index (χ2n) is 6.07. The predicted molar refractivity (Wildman–Crippen MR) is 117 cm³/mol. The van der Waals surface area contributed by atoms with Crippen LogP contribution in [0.2, 0.25) is 25.1 Å². The maximum Gasteiger partial charge on any atom is 0.343 e. The first-order valence-electron chi connectivity index (χ1n) is 8.78. The highest BCUT2D eigenvalue weighted by atomic mass is 35.5. The SMILES string of the molecule is CCCCCCOC(=O)c1cccc(C(=O)Oc2c(Cl)c(Cl)c(Cl)c(Cl)c2Cl)c1. The Kier molecular flexibility index (Phi) is 9.38. The van der Waals surface area contributed by atoms with E-state index in [1.54, 1.807) is 6.07 Å². The fourth-order valence-corrected chi connectivity index (χ4v) is 3.57. The van der Waals surface area contributed by atoms with E-state index < -0.39 is 11.9 Å². The lowest BCUT2D eigenvalue weighted by Crippen LogP contribution is -2.12. The third-order valence-electron chi connectivity index (χ3n) is 3.93. The van der Waals surface area contributed by atoms with Crippen molar-refractivity contribution < 1.29 is 19.1 Å². The van der Waals surface area contributed by atoms with Crippen LogP contribution in [-0.4, -0.2) is 18.5 Å². The molecule has 4 nitrogen and oxygen atoms in total. The normalized spacial score (nSPS) is 10.7. The number of hydrogen-bond acceptors (Lipinski definition) is 4. The van der Waals surface area contributed by atoms with Gasteiger partial charge in [-0.2, -0.15) is 0 Å². The van der Waals surface area contributed by atoms with Crippen molar-refractivity contribution in [2.24, 2.45) is 0 Å². The van der Waals surface area contributed by atoms with Crippen molar-refractivity contribution in [1.29, 1.82) is 0 Å². The zero-order valence-electron chi connectivity index (χ0n) is 15.4. The number of ether oxygens (including phenoxy) is 2. The molecule has 0 aromatic heterocycles. The average molecular weight is 499 g/mol. The number of unbranched alkanes of at least 4 members (excludes halogenated alkanes) is 3. The number of carbonyl (C=O) groups excluding carboxylic acids is 2. The standard InChI is InChI=1S/C20H17Cl5O4/c1-2-3-4-5-9-28-19(26)11-7-6-8-12(10-11)20(27)29-18-16(24)14(22)13(21)15(23)17(18)25/h6-8,10H,2-5,9H2,1H3. The molecule has 0 amide bonds. The van der Waals surface area contributed by atoms with Gasteiger partial charge in [0.2, 0.25) is 0 Å². The molecule has 29 heavy (non-hydrogen) atoms. The molecular formula is C20H17Cl5O4. The fourth-order valence-electron chi connectivity index (χ4n) is 2.38. The summed E-state index contributed by atoms with van der Waals surface area (Å²) in [4.78, 5) is 24.7. The Labute approximate surface area is 193 Å². The van der Waals surface area contributed by atoms with E-state index in [2.05, 4.69) is 6.92 Å². The van der Waals surface area contributed by atoms with E-state index in [0.29, 0.717) is 6.61 Å². The van der Waals surface area contributed by atoms with Crippen molar-refractivity contribution in [1.82, 2.24) is 0 Å². The van der Waals surface area contributed by atoms with Crippen molar-refractivity contribution >= 4 is 69.9 Å². The summed E-state index contributed by atoms with van der Waals surface area (Å²) in [6.45, 7) is 2.42. The Morgan fingerprint density at radius 3 is 1.93 bits per heavy atom. The van der Waals surface area contributed by atoms with Crippen LogP contribution in [0.1, 0.15) is 53.3 Å². The maximum atomic E-state index is 12.5. The molecule has 0 saturated carbocycles. The van der Waals surface area contributed by atoms with E-state index in [9.17, 15) is 9.59 Å². The molecule has 0 fully saturated rings. The predicted octanol–water partition coefficient (Wildman–Crippen LogP) is 7.91. The van der Waals surface area contributed by atoms with Crippen LogP contribution in [0.15, 0.2) is 24.3 Å². The van der Waals surface area contributed by atoms with Gasteiger partial charge in [-0.3, -0.25) is 0 Å². The molecule has 0 aliphatic rings. The summed E-state index contributed by atoms with van der Waals surface area (Å²) < 4.78 is 10.5. The summed E-state index contributed by atoms with van der Waals surface area (Å²) in [5.41, 5.74) is 0.319. The summed E-state index contributed by atoms with van der Waals surface area (Å²) >= 11 is 30.0. The van der Waals surface area contributed by atoms with E-state index >= 15 is 0 Å².